The Kier molecular flexibility index (Phi) is 4.01. The van der Waals surface area contributed by atoms with Crippen LogP contribution in [0.2, 0.25) is 0 Å². The number of halogens is 1. The number of ketones is 2. The van der Waals surface area contributed by atoms with Crippen LogP contribution in [0.1, 0.15) is 25.7 Å². The Labute approximate surface area is 71.0 Å². The summed E-state index contributed by atoms with van der Waals surface area (Å²) in [4.78, 5) is 20.9. The minimum absolute atomic E-state index is 0. The highest BCUT2D eigenvalue weighted by molar-refractivity contribution is 14.0. The van der Waals surface area contributed by atoms with Gasteiger partial charge in [0.1, 0.15) is 0 Å². The Balaban J connectivity index is 0.000000640. The molecular weight excluding hydrogens is 231 g/mol. The van der Waals surface area contributed by atoms with E-state index in [9.17, 15) is 9.59 Å². The van der Waals surface area contributed by atoms with Crippen LogP contribution >= 0.6 is 24.0 Å². The largest absolute Gasteiger partial charge is 0.291 e. The van der Waals surface area contributed by atoms with Crippen molar-refractivity contribution in [3.05, 3.63) is 0 Å². The second-order valence-electron chi connectivity index (χ2n) is 2.05. The van der Waals surface area contributed by atoms with E-state index in [-0.39, 0.29) is 35.5 Å². The van der Waals surface area contributed by atoms with Crippen molar-refractivity contribution in [2.45, 2.75) is 25.7 Å². The third-order valence-corrected chi connectivity index (χ3v) is 1.37. The first-order valence-corrected chi connectivity index (χ1v) is 2.87. The summed E-state index contributed by atoms with van der Waals surface area (Å²) in [6.07, 6.45) is 2.78. The van der Waals surface area contributed by atoms with Crippen molar-refractivity contribution in [1.82, 2.24) is 0 Å². The molecule has 1 fully saturated rings. The predicted octanol–water partition coefficient (Wildman–Crippen LogP) is 1.32. The van der Waals surface area contributed by atoms with E-state index in [2.05, 4.69) is 0 Å². The van der Waals surface area contributed by atoms with Crippen molar-refractivity contribution in [3.8, 4) is 0 Å². The summed E-state index contributed by atoms with van der Waals surface area (Å²) < 4.78 is 0. The quantitative estimate of drug-likeness (QED) is 0.472. The van der Waals surface area contributed by atoms with Crippen LogP contribution in [0.3, 0.4) is 0 Å². The number of rotatable bonds is 0. The first-order chi connectivity index (χ1) is 3.80. The van der Waals surface area contributed by atoms with Gasteiger partial charge in [-0.1, -0.05) is 0 Å². The number of hydrogen-bond acceptors (Lipinski definition) is 2. The molecule has 0 amide bonds. The van der Waals surface area contributed by atoms with Gasteiger partial charge in [-0.05, 0) is 12.8 Å². The summed E-state index contributed by atoms with van der Waals surface area (Å²) in [5.74, 6) is -0.340. The summed E-state index contributed by atoms with van der Waals surface area (Å²) in [5, 5.41) is 0. The summed E-state index contributed by atoms with van der Waals surface area (Å²) in [5.41, 5.74) is 0. The van der Waals surface area contributed by atoms with Gasteiger partial charge in [0.15, 0.2) is 11.6 Å². The van der Waals surface area contributed by atoms with Crippen LogP contribution in [0, 0.1) is 0 Å². The first kappa shape index (κ1) is 9.07. The Morgan fingerprint density at radius 1 is 0.889 bits per heavy atom. The molecule has 0 aromatic heterocycles. The van der Waals surface area contributed by atoms with Crippen molar-refractivity contribution in [3.63, 3.8) is 0 Å². The van der Waals surface area contributed by atoms with Crippen LogP contribution in [0.5, 0.6) is 0 Å². The fourth-order valence-electron chi connectivity index (χ4n) is 0.850. The van der Waals surface area contributed by atoms with Gasteiger partial charge in [0, 0.05) is 12.8 Å². The lowest BCUT2D eigenvalue weighted by Gasteiger charge is -2.04. The van der Waals surface area contributed by atoms with Crippen molar-refractivity contribution in [2.24, 2.45) is 0 Å². The monoisotopic (exact) mass is 240 g/mol. The Hall–Kier alpha value is 0.0700. The lowest BCUT2D eigenvalue weighted by atomic mass is 9.98. The van der Waals surface area contributed by atoms with Gasteiger partial charge in [-0.2, -0.15) is 0 Å². The maximum atomic E-state index is 10.4. The van der Waals surface area contributed by atoms with Gasteiger partial charge in [-0.25, -0.2) is 0 Å². The summed E-state index contributed by atoms with van der Waals surface area (Å²) in [6, 6.07) is 0. The van der Waals surface area contributed by atoms with Crippen LogP contribution < -0.4 is 0 Å². The molecule has 0 bridgehead atoms. The van der Waals surface area contributed by atoms with Gasteiger partial charge in [0.05, 0.1) is 0 Å². The Morgan fingerprint density at radius 3 is 1.44 bits per heavy atom. The molecule has 9 heavy (non-hydrogen) atoms. The zero-order valence-corrected chi connectivity index (χ0v) is 7.38. The van der Waals surface area contributed by atoms with Gasteiger partial charge < -0.3 is 0 Å². The highest BCUT2D eigenvalue weighted by atomic mass is 127. The number of carbonyl (C=O) groups excluding carboxylic acids is 2. The Bertz CT molecular complexity index is 115. The molecular formula is C6H9IO2. The molecule has 1 rings (SSSR count). The molecule has 0 saturated heterocycles. The standard InChI is InChI=1S/C6H8O2.HI/c7-5-3-1-2-4-6(5)8;/h1-4H2;1H. The molecule has 1 aliphatic carbocycles. The van der Waals surface area contributed by atoms with E-state index in [1.54, 1.807) is 0 Å². The van der Waals surface area contributed by atoms with Crippen LogP contribution in [-0.2, 0) is 9.59 Å². The van der Waals surface area contributed by atoms with E-state index in [1.165, 1.54) is 0 Å². The molecule has 52 valence electrons. The SMILES string of the molecule is I.O=C1CCCCC1=O. The maximum Gasteiger partial charge on any atom is 0.198 e. The van der Waals surface area contributed by atoms with E-state index in [1.807, 2.05) is 0 Å². The number of carbonyl (C=O) groups is 2. The molecule has 0 aromatic rings. The van der Waals surface area contributed by atoms with Crippen LogP contribution in [0.15, 0.2) is 0 Å². The number of hydrogen-bond donors (Lipinski definition) is 0. The topological polar surface area (TPSA) is 34.1 Å². The van der Waals surface area contributed by atoms with E-state index < -0.39 is 0 Å². The van der Waals surface area contributed by atoms with Crippen molar-refractivity contribution < 1.29 is 9.59 Å². The molecule has 0 aliphatic heterocycles. The zero-order chi connectivity index (χ0) is 5.98. The van der Waals surface area contributed by atoms with E-state index in [0.717, 1.165) is 12.8 Å². The zero-order valence-electron chi connectivity index (χ0n) is 5.05. The summed E-state index contributed by atoms with van der Waals surface area (Å²) >= 11 is 0. The third kappa shape index (κ3) is 2.43. The summed E-state index contributed by atoms with van der Waals surface area (Å²) in [6.45, 7) is 0. The van der Waals surface area contributed by atoms with Crippen molar-refractivity contribution in [1.29, 1.82) is 0 Å². The Morgan fingerprint density at radius 2 is 1.22 bits per heavy atom. The smallest absolute Gasteiger partial charge is 0.198 e. The van der Waals surface area contributed by atoms with Crippen LogP contribution in [-0.4, -0.2) is 11.6 Å². The second-order valence-corrected chi connectivity index (χ2v) is 2.05. The highest BCUT2D eigenvalue weighted by Crippen LogP contribution is 2.09. The minimum Gasteiger partial charge on any atom is -0.291 e. The van der Waals surface area contributed by atoms with Crippen LogP contribution in [0.4, 0.5) is 0 Å². The second kappa shape index (κ2) is 3.98. The molecule has 0 radical (unpaired) electrons. The van der Waals surface area contributed by atoms with E-state index in [0.29, 0.717) is 12.8 Å². The molecule has 0 spiro atoms. The van der Waals surface area contributed by atoms with E-state index in [4.69, 9.17) is 0 Å². The third-order valence-electron chi connectivity index (χ3n) is 1.37. The number of Topliss-reactive ketones (excluding diaryl/α,β-unsaturated/α-hetero) is 2. The van der Waals surface area contributed by atoms with Crippen LogP contribution in [0.25, 0.3) is 0 Å². The van der Waals surface area contributed by atoms with Gasteiger partial charge >= 0.3 is 0 Å². The minimum atomic E-state index is -0.170. The molecule has 0 aromatic carbocycles. The highest BCUT2D eigenvalue weighted by Gasteiger charge is 2.16. The molecule has 0 unspecified atom stereocenters. The molecule has 2 nitrogen and oxygen atoms in total. The molecule has 0 heterocycles. The average Bonchev–Trinajstić information content (AvgIpc) is 1.77. The fourth-order valence-corrected chi connectivity index (χ4v) is 0.850. The molecule has 0 atom stereocenters. The lowest BCUT2D eigenvalue weighted by Crippen LogP contribution is -2.17. The molecule has 0 N–H and O–H groups in total. The van der Waals surface area contributed by atoms with Crippen molar-refractivity contribution in [2.75, 3.05) is 0 Å². The fraction of sp³-hybridized carbons (Fsp3) is 0.667. The average molecular weight is 240 g/mol. The predicted molar refractivity (Wildman–Crippen MR) is 43.9 cm³/mol. The summed E-state index contributed by atoms with van der Waals surface area (Å²) in [7, 11) is 0. The molecule has 1 saturated carbocycles. The maximum absolute atomic E-state index is 10.4. The molecule has 1 aliphatic rings. The first-order valence-electron chi connectivity index (χ1n) is 2.87. The lowest BCUT2D eigenvalue weighted by molar-refractivity contribution is -0.137. The van der Waals surface area contributed by atoms with Gasteiger partial charge in [0.25, 0.3) is 0 Å². The van der Waals surface area contributed by atoms with Gasteiger partial charge in [-0.3, -0.25) is 9.59 Å². The van der Waals surface area contributed by atoms with E-state index >= 15 is 0 Å². The van der Waals surface area contributed by atoms with Gasteiger partial charge in [-0.15, -0.1) is 24.0 Å². The normalized spacial score (nSPS) is 19.1. The van der Waals surface area contributed by atoms with Crippen molar-refractivity contribution >= 4 is 35.5 Å². The molecule has 3 heteroatoms. The van der Waals surface area contributed by atoms with Gasteiger partial charge in [0.2, 0.25) is 0 Å².